The van der Waals surface area contributed by atoms with Crippen LogP contribution in [0.25, 0.3) is 0 Å². The molecule has 0 aliphatic carbocycles. The molecule has 2 atom stereocenters. The highest BCUT2D eigenvalue weighted by Crippen LogP contribution is 2.34. The number of nitrogens with one attached hydrogen (secondary N) is 2. The van der Waals surface area contributed by atoms with Crippen molar-refractivity contribution in [3.63, 3.8) is 0 Å². The number of fused-ring (bicyclic) bond motifs is 1. The fourth-order valence-electron chi connectivity index (χ4n) is 2.70. The summed E-state index contributed by atoms with van der Waals surface area (Å²) in [5.74, 6) is -0.143. The highest BCUT2D eigenvalue weighted by molar-refractivity contribution is 7.92. The molecule has 0 spiro atoms. The summed E-state index contributed by atoms with van der Waals surface area (Å²) in [4.78, 5) is 12.2. The Morgan fingerprint density at radius 1 is 1.45 bits per heavy atom. The predicted octanol–water partition coefficient (Wildman–Crippen LogP) is 0.735. The van der Waals surface area contributed by atoms with Gasteiger partial charge in [0.15, 0.2) is 0 Å². The number of amides is 1. The number of carbonyl (C=O) groups is 1. The first-order chi connectivity index (χ1) is 10.2. The molecular weight excluding hydrogens is 302 g/mol. The van der Waals surface area contributed by atoms with Crippen molar-refractivity contribution in [1.82, 2.24) is 10.6 Å². The lowest BCUT2D eigenvalue weighted by atomic mass is 10.1. The van der Waals surface area contributed by atoms with Crippen LogP contribution in [0.4, 0.5) is 5.69 Å². The molecule has 6 nitrogen and oxygen atoms in total. The summed E-state index contributed by atoms with van der Waals surface area (Å²) in [6.45, 7) is 4.39. The van der Waals surface area contributed by atoms with Gasteiger partial charge in [-0.2, -0.15) is 0 Å². The highest BCUT2D eigenvalue weighted by Gasteiger charge is 2.32. The number of nitrogens with zero attached hydrogens (tertiary/aromatic N) is 1. The molecule has 122 valence electrons. The summed E-state index contributed by atoms with van der Waals surface area (Å²) in [7, 11) is -1.46. The molecule has 1 aromatic carbocycles. The van der Waals surface area contributed by atoms with Crippen molar-refractivity contribution in [2.24, 2.45) is 0 Å². The van der Waals surface area contributed by atoms with Gasteiger partial charge in [-0.3, -0.25) is 9.10 Å². The summed E-state index contributed by atoms with van der Waals surface area (Å²) < 4.78 is 25.2. The number of rotatable bonds is 5. The maximum Gasteiger partial charge on any atom is 0.251 e. The van der Waals surface area contributed by atoms with E-state index in [0.29, 0.717) is 24.2 Å². The van der Waals surface area contributed by atoms with Crippen molar-refractivity contribution in [3.05, 3.63) is 29.3 Å². The van der Waals surface area contributed by atoms with E-state index in [1.165, 1.54) is 10.6 Å². The van der Waals surface area contributed by atoms with E-state index in [1.54, 1.807) is 18.2 Å². The van der Waals surface area contributed by atoms with Gasteiger partial charge in [0, 0.05) is 24.2 Å². The van der Waals surface area contributed by atoms with Gasteiger partial charge >= 0.3 is 0 Å². The zero-order valence-electron chi connectivity index (χ0n) is 13.4. The predicted molar refractivity (Wildman–Crippen MR) is 87.8 cm³/mol. The molecule has 22 heavy (non-hydrogen) atoms. The number of anilines is 1. The van der Waals surface area contributed by atoms with Crippen LogP contribution in [0.15, 0.2) is 18.2 Å². The molecule has 1 aromatic rings. The van der Waals surface area contributed by atoms with Gasteiger partial charge < -0.3 is 10.6 Å². The molecule has 0 saturated heterocycles. The lowest BCUT2D eigenvalue weighted by Crippen LogP contribution is -2.37. The minimum Gasteiger partial charge on any atom is -0.350 e. The highest BCUT2D eigenvalue weighted by atomic mass is 32.2. The lowest BCUT2D eigenvalue weighted by Gasteiger charge is -2.22. The van der Waals surface area contributed by atoms with Gasteiger partial charge in [0.2, 0.25) is 10.0 Å². The molecule has 1 aliphatic heterocycles. The summed E-state index contributed by atoms with van der Waals surface area (Å²) in [5.41, 5.74) is 2.13. The standard InChI is InChI=1S/C15H23N3O3S/c1-10(16-3)9-17-15(19)12-5-6-14-13(8-12)7-11(2)18(14)22(4,20)21/h5-6,8,10-11,16H,7,9H2,1-4H3,(H,17,19). The van der Waals surface area contributed by atoms with E-state index in [1.807, 2.05) is 20.9 Å². The second-order valence-electron chi connectivity index (χ2n) is 5.86. The number of sulfonamides is 1. The Hall–Kier alpha value is -1.60. The smallest absolute Gasteiger partial charge is 0.251 e. The summed E-state index contributed by atoms with van der Waals surface area (Å²) in [6, 6.07) is 5.26. The quantitative estimate of drug-likeness (QED) is 0.837. The largest absolute Gasteiger partial charge is 0.350 e. The van der Waals surface area contributed by atoms with E-state index in [-0.39, 0.29) is 18.0 Å². The van der Waals surface area contributed by atoms with Crippen molar-refractivity contribution in [1.29, 1.82) is 0 Å². The zero-order valence-corrected chi connectivity index (χ0v) is 14.2. The summed E-state index contributed by atoms with van der Waals surface area (Å²) in [6.07, 6.45) is 1.83. The molecule has 1 amide bonds. The normalized spacial score (nSPS) is 18.9. The van der Waals surface area contributed by atoms with Crippen LogP contribution in [0, 0.1) is 0 Å². The molecule has 1 aliphatic rings. The zero-order chi connectivity index (χ0) is 16.5. The average Bonchev–Trinajstić information content (AvgIpc) is 2.78. The Morgan fingerprint density at radius 2 is 2.14 bits per heavy atom. The van der Waals surface area contributed by atoms with E-state index >= 15 is 0 Å². The average molecular weight is 325 g/mol. The van der Waals surface area contributed by atoms with Crippen LogP contribution in [0.5, 0.6) is 0 Å². The minimum absolute atomic E-state index is 0.118. The van der Waals surface area contributed by atoms with E-state index in [2.05, 4.69) is 10.6 Å². The monoisotopic (exact) mass is 325 g/mol. The van der Waals surface area contributed by atoms with Gasteiger partial charge in [-0.1, -0.05) is 0 Å². The number of benzene rings is 1. The molecule has 0 radical (unpaired) electrons. The molecular formula is C15H23N3O3S. The topological polar surface area (TPSA) is 78.5 Å². The third kappa shape index (κ3) is 3.41. The van der Waals surface area contributed by atoms with Gasteiger partial charge in [0.1, 0.15) is 0 Å². The van der Waals surface area contributed by atoms with Gasteiger partial charge in [0.25, 0.3) is 5.91 Å². The first-order valence-corrected chi connectivity index (χ1v) is 9.16. The number of carbonyl (C=O) groups excluding carboxylic acids is 1. The van der Waals surface area contributed by atoms with Crippen molar-refractivity contribution in [2.45, 2.75) is 32.4 Å². The Kier molecular flexibility index (Phi) is 4.77. The lowest BCUT2D eigenvalue weighted by molar-refractivity contribution is 0.0950. The molecule has 1 heterocycles. The van der Waals surface area contributed by atoms with Crippen LogP contribution in [0.2, 0.25) is 0 Å². The Labute approximate surface area is 131 Å². The maximum atomic E-state index is 12.2. The van der Waals surface area contributed by atoms with Crippen molar-refractivity contribution >= 4 is 21.6 Å². The summed E-state index contributed by atoms with van der Waals surface area (Å²) in [5, 5.41) is 5.91. The second kappa shape index (κ2) is 6.26. The maximum absolute atomic E-state index is 12.2. The number of hydrogen-bond donors (Lipinski definition) is 2. The Morgan fingerprint density at radius 3 is 2.73 bits per heavy atom. The SMILES string of the molecule is CNC(C)CNC(=O)c1ccc2c(c1)CC(C)N2S(C)(=O)=O. The molecule has 0 fully saturated rings. The van der Waals surface area contributed by atoms with E-state index in [0.717, 1.165) is 5.56 Å². The molecule has 0 saturated carbocycles. The molecule has 2 unspecified atom stereocenters. The summed E-state index contributed by atoms with van der Waals surface area (Å²) >= 11 is 0. The molecule has 2 N–H and O–H groups in total. The van der Waals surface area contributed by atoms with Crippen LogP contribution in [-0.2, 0) is 16.4 Å². The fourth-order valence-corrected chi connectivity index (χ4v) is 3.96. The Balaban J connectivity index is 2.20. The molecule has 2 rings (SSSR count). The first-order valence-electron chi connectivity index (χ1n) is 7.32. The van der Waals surface area contributed by atoms with Gasteiger partial charge in [-0.05, 0) is 51.1 Å². The van der Waals surface area contributed by atoms with E-state index in [9.17, 15) is 13.2 Å². The minimum atomic E-state index is -3.30. The van der Waals surface area contributed by atoms with Gasteiger partial charge in [0.05, 0.1) is 11.9 Å². The molecule has 0 bridgehead atoms. The van der Waals surface area contributed by atoms with Gasteiger partial charge in [-0.15, -0.1) is 0 Å². The number of likely N-dealkylation sites (N-methyl/N-ethyl adjacent to an activating group) is 1. The van der Waals surface area contributed by atoms with E-state index in [4.69, 9.17) is 0 Å². The van der Waals surface area contributed by atoms with Crippen molar-refractivity contribution < 1.29 is 13.2 Å². The molecule has 7 heteroatoms. The van der Waals surface area contributed by atoms with Crippen molar-refractivity contribution in [3.8, 4) is 0 Å². The first kappa shape index (κ1) is 16.8. The molecule has 0 aromatic heterocycles. The number of hydrogen-bond acceptors (Lipinski definition) is 4. The van der Waals surface area contributed by atoms with E-state index < -0.39 is 10.0 Å². The van der Waals surface area contributed by atoms with Crippen LogP contribution < -0.4 is 14.9 Å². The van der Waals surface area contributed by atoms with Crippen LogP contribution in [-0.4, -0.2) is 46.3 Å². The van der Waals surface area contributed by atoms with Crippen LogP contribution in [0.1, 0.15) is 29.8 Å². The van der Waals surface area contributed by atoms with Crippen LogP contribution in [0.3, 0.4) is 0 Å². The van der Waals surface area contributed by atoms with Gasteiger partial charge in [-0.25, -0.2) is 8.42 Å². The Bertz CT molecular complexity index is 673. The fraction of sp³-hybridized carbons (Fsp3) is 0.533. The third-order valence-corrected chi connectivity index (χ3v) is 5.18. The second-order valence-corrected chi connectivity index (χ2v) is 7.71. The van der Waals surface area contributed by atoms with Crippen molar-refractivity contribution in [2.75, 3.05) is 24.2 Å². The third-order valence-electron chi connectivity index (χ3n) is 3.91. The van der Waals surface area contributed by atoms with Crippen LogP contribution >= 0.6 is 0 Å².